The Labute approximate surface area is 117 Å². The average Bonchev–Trinajstić information content (AvgIpc) is 2.37. The Hall–Kier alpha value is -2.11. The monoisotopic (exact) mass is 282 g/mol. The summed E-state index contributed by atoms with van der Waals surface area (Å²) in [7, 11) is 1.59. The summed E-state index contributed by atoms with van der Waals surface area (Å²) < 4.78 is 12.8. The van der Waals surface area contributed by atoms with Gasteiger partial charge in [0.1, 0.15) is 12.4 Å². The van der Waals surface area contributed by atoms with Crippen molar-refractivity contribution in [2.24, 2.45) is 0 Å². The third-order valence-electron chi connectivity index (χ3n) is 2.83. The summed E-state index contributed by atoms with van der Waals surface area (Å²) in [6.07, 6.45) is 0. The minimum atomic E-state index is -1.05. The topological polar surface area (TPSA) is 60.9 Å². The van der Waals surface area contributed by atoms with Gasteiger partial charge in [-0.05, 0) is 31.5 Å². The first-order valence-corrected chi connectivity index (χ1v) is 6.29. The minimum Gasteiger partial charge on any atom is -0.480 e. The van der Waals surface area contributed by atoms with Crippen molar-refractivity contribution in [2.45, 2.75) is 26.4 Å². The van der Waals surface area contributed by atoms with Crippen molar-refractivity contribution in [1.82, 2.24) is 9.80 Å². The van der Waals surface area contributed by atoms with Crippen LogP contribution in [0.4, 0.5) is 9.18 Å². The van der Waals surface area contributed by atoms with Crippen molar-refractivity contribution in [2.75, 3.05) is 13.6 Å². The summed E-state index contributed by atoms with van der Waals surface area (Å²) in [4.78, 5) is 25.7. The molecule has 0 radical (unpaired) electrons. The molecule has 0 aromatic heterocycles. The van der Waals surface area contributed by atoms with Gasteiger partial charge in [0.25, 0.3) is 0 Å². The third-order valence-corrected chi connectivity index (χ3v) is 2.83. The molecule has 0 saturated heterocycles. The maximum atomic E-state index is 12.8. The second-order valence-corrected chi connectivity index (χ2v) is 4.88. The van der Waals surface area contributed by atoms with Crippen molar-refractivity contribution in [3.63, 3.8) is 0 Å². The zero-order valence-electron chi connectivity index (χ0n) is 11.8. The van der Waals surface area contributed by atoms with Crippen molar-refractivity contribution in [3.05, 3.63) is 35.6 Å². The number of carbonyl (C=O) groups is 2. The molecule has 1 N–H and O–H groups in total. The van der Waals surface area contributed by atoms with E-state index < -0.39 is 5.97 Å². The fourth-order valence-corrected chi connectivity index (χ4v) is 1.77. The first kappa shape index (κ1) is 15.9. The molecule has 110 valence electrons. The molecule has 0 unspecified atom stereocenters. The average molecular weight is 282 g/mol. The van der Waals surface area contributed by atoms with Crippen LogP contribution in [0.3, 0.4) is 0 Å². The Kier molecular flexibility index (Phi) is 5.49. The van der Waals surface area contributed by atoms with E-state index in [1.165, 1.54) is 21.9 Å². The van der Waals surface area contributed by atoms with Crippen LogP contribution in [0.5, 0.6) is 0 Å². The molecule has 0 spiro atoms. The predicted octanol–water partition coefficient (Wildman–Crippen LogP) is 2.17. The van der Waals surface area contributed by atoms with Gasteiger partial charge in [0, 0.05) is 19.6 Å². The predicted molar refractivity (Wildman–Crippen MR) is 72.7 cm³/mol. The lowest BCUT2D eigenvalue weighted by Gasteiger charge is -2.30. The summed E-state index contributed by atoms with van der Waals surface area (Å²) in [5, 5.41) is 8.83. The van der Waals surface area contributed by atoms with E-state index in [2.05, 4.69) is 0 Å². The van der Waals surface area contributed by atoms with E-state index in [-0.39, 0.29) is 24.4 Å². The number of amides is 2. The molecule has 0 bridgehead atoms. The highest BCUT2D eigenvalue weighted by Crippen LogP contribution is 2.09. The number of carboxylic acids is 1. The molecule has 0 aliphatic heterocycles. The van der Waals surface area contributed by atoms with Crippen LogP contribution in [0.15, 0.2) is 24.3 Å². The Bertz CT molecular complexity index is 474. The van der Waals surface area contributed by atoms with Crippen LogP contribution in [0.1, 0.15) is 19.4 Å². The number of benzene rings is 1. The highest BCUT2D eigenvalue weighted by molar-refractivity contribution is 5.80. The molecule has 2 amide bonds. The molecule has 20 heavy (non-hydrogen) atoms. The van der Waals surface area contributed by atoms with Gasteiger partial charge >= 0.3 is 12.0 Å². The van der Waals surface area contributed by atoms with Gasteiger partial charge in [-0.15, -0.1) is 0 Å². The maximum Gasteiger partial charge on any atom is 0.323 e. The van der Waals surface area contributed by atoms with Gasteiger partial charge in [0.05, 0.1) is 0 Å². The molecule has 6 heteroatoms. The molecule has 1 rings (SSSR count). The molecular formula is C14H19FN2O3. The van der Waals surface area contributed by atoms with Gasteiger partial charge in [0.2, 0.25) is 0 Å². The van der Waals surface area contributed by atoms with E-state index in [9.17, 15) is 14.0 Å². The molecule has 0 aliphatic rings. The Morgan fingerprint density at radius 2 is 1.80 bits per heavy atom. The number of nitrogens with zero attached hydrogens (tertiary/aromatic N) is 2. The second-order valence-electron chi connectivity index (χ2n) is 4.88. The fraction of sp³-hybridized carbons (Fsp3) is 0.429. The maximum absolute atomic E-state index is 12.8. The first-order chi connectivity index (χ1) is 9.31. The number of rotatable bonds is 5. The van der Waals surface area contributed by atoms with E-state index in [1.807, 2.05) is 0 Å². The summed E-state index contributed by atoms with van der Waals surface area (Å²) in [5.74, 6) is -1.39. The quantitative estimate of drug-likeness (QED) is 0.900. The standard InChI is InChI=1S/C14H19FN2O3/c1-10(2)17(9-13(18)19)14(20)16(3)8-11-4-6-12(15)7-5-11/h4-7,10H,8-9H2,1-3H3,(H,18,19). The molecule has 1 aromatic carbocycles. The zero-order valence-corrected chi connectivity index (χ0v) is 11.8. The molecular weight excluding hydrogens is 263 g/mol. The molecule has 1 aromatic rings. The van der Waals surface area contributed by atoms with Crippen molar-refractivity contribution in [3.8, 4) is 0 Å². The largest absolute Gasteiger partial charge is 0.480 e. The number of hydrogen-bond donors (Lipinski definition) is 1. The normalized spacial score (nSPS) is 10.4. The van der Waals surface area contributed by atoms with Crippen LogP contribution >= 0.6 is 0 Å². The van der Waals surface area contributed by atoms with Crippen LogP contribution in [0.25, 0.3) is 0 Å². The molecule has 5 nitrogen and oxygen atoms in total. The highest BCUT2D eigenvalue weighted by atomic mass is 19.1. The van der Waals surface area contributed by atoms with Crippen molar-refractivity contribution >= 4 is 12.0 Å². The number of carboxylic acid groups (broad SMARTS) is 1. The van der Waals surface area contributed by atoms with Gasteiger partial charge in [0.15, 0.2) is 0 Å². The van der Waals surface area contributed by atoms with Gasteiger partial charge in [-0.2, -0.15) is 0 Å². The molecule has 0 atom stereocenters. The van der Waals surface area contributed by atoms with Crippen LogP contribution in [0.2, 0.25) is 0 Å². The number of urea groups is 1. The number of aliphatic carboxylic acids is 1. The second kappa shape index (κ2) is 6.88. The number of halogens is 1. The zero-order chi connectivity index (χ0) is 15.3. The molecule has 0 saturated carbocycles. The fourth-order valence-electron chi connectivity index (χ4n) is 1.77. The van der Waals surface area contributed by atoms with E-state index >= 15 is 0 Å². The molecule has 0 fully saturated rings. The first-order valence-electron chi connectivity index (χ1n) is 6.29. The molecule has 0 heterocycles. The van der Waals surface area contributed by atoms with Gasteiger partial charge in [-0.1, -0.05) is 12.1 Å². The van der Waals surface area contributed by atoms with Gasteiger partial charge in [-0.25, -0.2) is 9.18 Å². The van der Waals surface area contributed by atoms with Gasteiger partial charge < -0.3 is 14.9 Å². The van der Waals surface area contributed by atoms with Crippen molar-refractivity contribution < 1.29 is 19.1 Å². The summed E-state index contributed by atoms with van der Waals surface area (Å²) in [5.41, 5.74) is 0.779. The summed E-state index contributed by atoms with van der Waals surface area (Å²) in [6, 6.07) is 5.25. The van der Waals surface area contributed by atoms with Gasteiger partial charge in [-0.3, -0.25) is 4.79 Å². The lowest BCUT2D eigenvalue weighted by atomic mass is 10.2. The lowest BCUT2D eigenvalue weighted by molar-refractivity contribution is -0.138. The SMILES string of the molecule is CC(C)N(CC(=O)O)C(=O)N(C)Cc1ccc(F)cc1. The summed E-state index contributed by atoms with van der Waals surface area (Å²) >= 11 is 0. The van der Waals surface area contributed by atoms with Crippen LogP contribution in [-0.4, -0.2) is 46.5 Å². The van der Waals surface area contributed by atoms with Crippen LogP contribution in [-0.2, 0) is 11.3 Å². The smallest absolute Gasteiger partial charge is 0.323 e. The number of carbonyl (C=O) groups excluding carboxylic acids is 1. The van der Waals surface area contributed by atoms with E-state index in [4.69, 9.17) is 5.11 Å². The third kappa shape index (κ3) is 4.53. The Morgan fingerprint density at radius 3 is 2.25 bits per heavy atom. The lowest BCUT2D eigenvalue weighted by Crippen LogP contribution is -2.46. The Balaban J connectivity index is 2.73. The highest BCUT2D eigenvalue weighted by Gasteiger charge is 2.23. The van der Waals surface area contributed by atoms with Crippen LogP contribution in [0, 0.1) is 5.82 Å². The van der Waals surface area contributed by atoms with Crippen LogP contribution < -0.4 is 0 Å². The number of hydrogen-bond acceptors (Lipinski definition) is 2. The van der Waals surface area contributed by atoms with E-state index in [0.717, 1.165) is 5.56 Å². The molecule has 0 aliphatic carbocycles. The van der Waals surface area contributed by atoms with E-state index in [1.54, 1.807) is 33.0 Å². The Morgan fingerprint density at radius 1 is 1.25 bits per heavy atom. The summed E-state index contributed by atoms with van der Waals surface area (Å²) in [6.45, 7) is 3.46. The van der Waals surface area contributed by atoms with E-state index in [0.29, 0.717) is 6.54 Å². The minimum absolute atomic E-state index is 0.214. The van der Waals surface area contributed by atoms with Crippen molar-refractivity contribution in [1.29, 1.82) is 0 Å².